The molecule has 5 nitrogen and oxygen atoms in total. The van der Waals surface area contributed by atoms with E-state index in [9.17, 15) is 18.7 Å². The molecule has 0 aromatic heterocycles. The van der Waals surface area contributed by atoms with Crippen molar-refractivity contribution in [3.8, 4) is 11.5 Å². The molecule has 3 aliphatic rings. The van der Waals surface area contributed by atoms with Gasteiger partial charge in [-0.1, -0.05) is 0 Å². The summed E-state index contributed by atoms with van der Waals surface area (Å²) in [6.45, 7) is 2.31. The summed E-state index contributed by atoms with van der Waals surface area (Å²) in [5, 5.41) is 9.85. The fraction of sp³-hybridized carbons (Fsp3) is 0.611. The van der Waals surface area contributed by atoms with Crippen molar-refractivity contribution in [3.05, 3.63) is 23.3 Å². The predicted molar refractivity (Wildman–Crippen MR) is 85.3 cm³/mol. The Morgan fingerprint density at radius 2 is 2.20 bits per heavy atom. The molecule has 1 saturated carbocycles. The zero-order valence-electron chi connectivity index (χ0n) is 14.0. The Morgan fingerprint density at radius 3 is 2.92 bits per heavy atom. The number of carbonyl (C=O) groups is 1. The zero-order valence-corrected chi connectivity index (χ0v) is 14.0. The number of hydrogen-bond acceptors (Lipinski definition) is 4. The highest BCUT2D eigenvalue weighted by Crippen LogP contribution is 2.42. The van der Waals surface area contributed by atoms with Crippen LogP contribution in [-0.4, -0.2) is 53.2 Å². The smallest absolute Gasteiger partial charge is 0.284 e. The Labute approximate surface area is 144 Å². The van der Waals surface area contributed by atoms with Crippen LogP contribution in [0.25, 0.3) is 0 Å². The second-order valence-electron chi connectivity index (χ2n) is 7.21. The third-order valence-electron chi connectivity index (χ3n) is 5.23. The molecule has 1 amide bonds. The number of fused-ring (bicyclic) bond motifs is 2. The largest absolute Gasteiger partial charge is 0.490 e. The van der Waals surface area contributed by atoms with Gasteiger partial charge in [-0.25, -0.2) is 8.78 Å². The number of aliphatic hydroxyl groups is 1. The summed E-state index contributed by atoms with van der Waals surface area (Å²) in [5.74, 6) is -2.71. The van der Waals surface area contributed by atoms with E-state index < -0.39 is 18.1 Å². The summed E-state index contributed by atoms with van der Waals surface area (Å²) < 4.78 is 39.4. The number of alkyl halides is 2. The van der Waals surface area contributed by atoms with Crippen LogP contribution in [0.3, 0.4) is 0 Å². The average Bonchev–Trinajstić information content (AvgIpc) is 3.03. The molecule has 2 aliphatic heterocycles. The molecule has 3 atom stereocenters. The van der Waals surface area contributed by atoms with Gasteiger partial charge in [0, 0.05) is 13.0 Å². The van der Waals surface area contributed by atoms with E-state index >= 15 is 0 Å². The Morgan fingerprint density at radius 1 is 1.40 bits per heavy atom. The van der Waals surface area contributed by atoms with Crippen LogP contribution in [0.5, 0.6) is 11.5 Å². The third kappa shape index (κ3) is 2.84. The van der Waals surface area contributed by atoms with Gasteiger partial charge < -0.3 is 19.5 Å². The van der Waals surface area contributed by atoms with Crippen LogP contribution in [-0.2, 0) is 0 Å². The fourth-order valence-corrected chi connectivity index (χ4v) is 3.96. The van der Waals surface area contributed by atoms with E-state index in [-0.39, 0.29) is 49.3 Å². The zero-order chi connectivity index (χ0) is 17.8. The van der Waals surface area contributed by atoms with E-state index in [0.717, 1.165) is 5.56 Å². The van der Waals surface area contributed by atoms with Gasteiger partial charge in [-0.3, -0.25) is 4.79 Å². The van der Waals surface area contributed by atoms with Crippen molar-refractivity contribution < 1.29 is 28.2 Å². The Bertz CT molecular complexity index is 709. The lowest BCUT2D eigenvalue weighted by molar-refractivity contribution is -0.0739. The molecule has 2 fully saturated rings. The van der Waals surface area contributed by atoms with E-state index in [4.69, 9.17) is 9.47 Å². The first-order valence-electron chi connectivity index (χ1n) is 8.66. The highest BCUT2D eigenvalue weighted by molar-refractivity contribution is 6.00. The first kappa shape index (κ1) is 16.6. The van der Waals surface area contributed by atoms with Crippen molar-refractivity contribution >= 4 is 5.91 Å². The fourth-order valence-electron chi connectivity index (χ4n) is 3.96. The molecule has 1 aromatic carbocycles. The minimum atomic E-state index is -2.89. The molecule has 7 heteroatoms. The SMILES string of the molecule is Cc1cc2c(c(OC3CCCC3(F)F)c1)C(=O)N1C[C@H](O)C[C@@H]1CO2. The quantitative estimate of drug-likeness (QED) is 0.888. The van der Waals surface area contributed by atoms with Gasteiger partial charge in [-0.05, 0) is 43.9 Å². The van der Waals surface area contributed by atoms with E-state index in [1.807, 2.05) is 6.92 Å². The van der Waals surface area contributed by atoms with Crippen LogP contribution < -0.4 is 9.47 Å². The molecule has 25 heavy (non-hydrogen) atoms. The minimum Gasteiger partial charge on any atom is -0.490 e. The van der Waals surface area contributed by atoms with Crippen LogP contribution in [0, 0.1) is 6.92 Å². The normalized spacial score (nSPS) is 30.5. The van der Waals surface area contributed by atoms with Crippen LogP contribution >= 0.6 is 0 Å². The number of rotatable bonds is 2. The number of ether oxygens (including phenoxy) is 2. The van der Waals surface area contributed by atoms with Crippen molar-refractivity contribution in [2.75, 3.05) is 13.2 Å². The summed E-state index contributed by atoms with van der Waals surface area (Å²) in [6.07, 6.45) is -0.902. The number of nitrogens with zero attached hydrogens (tertiary/aromatic N) is 1. The van der Waals surface area contributed by atoms with Gasteiger partial charge in [0.15, 0.2) is 6.10 Å². The van der Waals surface area contributed by atoms with Gasteiger partial charge >= 0.3 is 0 Å². The summed E-state index contributed by atoms with van der Waals surface area (Å²) in [7, 11) is 0. The van der Waals surface area contributed by atoms with Crippen molar-refractivity contribution in [1.82, 2.24) is 4.90 Å². The molecule has 1 aliphatic carbocycles. The molecule has 1 N–H and O–H groups in total. The number of halogens is 2. The molecule has 136 valence electrons. The Kier molecular flexibility index (Phi) is 3.86. The highest BCUT2D eigenvalue weighted by atomic mass is 19.3. The molecule has 0 bridgehead atoms. The van der Waals surface area contributed by atoms with E-state index in [1.165, 1.54) is 0 Å². The number of benzene rings is 1. The molecule has 4 rings (SSSR count). The number of carbonyl (C=O) groups excluding carboxylic acids is 1. The Hall–Kier alpha value is -1.89. The van der Waals surface area contributed by atoms with Crippen LogP contribution in [0.1, 0.15) is 41.6 Å². The minimum absolute atomic E-state index is 0.147. The van der Waals surface area contributed by atoms with Gasteiger partial charge in [-0.15, -0.1) is 0 Å². The number of amides is 1. The molecule has 0 spiro atoms. The van der Waals surface area contributed by atoms with Crippen molar-refractivity contribution in [1.29, 1.82) is 0 Å². The van der Waals surface area contributed by atoms with Crippen LogP contribution in [0.4, 0.5) is 8.78 Å². The van der Waals surface area contributed by atoms with Crippen molar-refractivity contribution in [2.45, 2.75) is 56.8 Å². The van der Waals surface area contributed by atoms with E-state index in [2.05, 4.69) is 0 Å². The predicted octanol–water partition coefficient (Wildman–Crippen LogP) is 2.53. The van der Waals surface area contributed by atoms with Gasteiger partial charge in [0.2, 0.25) is 0 Å². The van der Waals surface area contributed by atoms with Gasteiger partial charge in [0.1, 0.15) is 23.7 Å². The van der Waals surface area contributed by atoms with Crippen LogP contribution in [0.15, 0.2) is 12.1 Å². The maximum atomic E-state index is 14.0. The van der Waals surface area contributed by atoms with Gasteiger partial charge in [-0.2, -0.15) is 0 Å². The Balaban J connectivity index is 1.72. The highest BCUT2D eigenvalue weighted by Gasteiger charge is 2.47. The monoisotopic (exact) mass is 353 g/mol. The van der Waals surface area contributed by atoms with Crippen LogP contribution in [0.2, 0.25) is 0 Å². The molecular weight excluding hydrogens is 332 g/mol. The molecular formula is C18H21F2NO4. The average molecular weight is 353 g/mol. The first-order valence-corrected chi connectivity index (χ1v) is 8.66. The lowest BCUT2D eigenvalue weighted by atomic mass is 10.1. The molecule has 0 radical (unpaired) electrons. The van der Waals surface area contributed by atoms with Crippen molar-refractivity contribution in [2.24, 2.45) is 0 Å². The number of hydrogen-bond donors (Lipinski definition) is 1. The summed E-state index contributed by atoms with van der Waals surface area (Å²) >= 11 is 0. The maximum absolute atomic E-state index is 14.0. The molecule has 1 saturated heterocycles. The van der Waals surface area contributed by atoms with Gasteiger partial charge in [0.25, 0.3) is 11.8 Å². The second-order valence-corrected chi connectivity index (χ2v) is 7.21. The number of aryl methyl sites for hydroxylation is 1. The maximum Gasteiger partial charge on any atom is 0.284 e. The lowest BCUT2D eigenvalue weighted by Gasteiger charge is -2.24. The molecule has 1 aromatic rings. The molecule has 2 heterocycles. The van der Waals surface area contributed by atoms with E-state index in [1.54, 1.807) is 17.0 Å². The summed E-state index contributed by atoms with van der Waals surface area (Å²) in [5.41, 5.74) is 0.967. The standard InChI is InChI=1S/C18H21F2NO4/c1-10-5-13-16(14(6-10)25-15-3-2-4-18(15,19)20)17(23)21-8-12(22)7-11(21)9-24-13/h5-6,11-12,15,22H,2-4,7-9H2,1H3/t11-,12-,15?/m1/s1. The topological polar surface area (TPSA) is 59.0 Å². The third-order valence-corrected chi connectivity index (χ3v) is 5.23. The number of aliphatic hydroxyl groups excluding tert-OH is 1. The van der Waals surface area contributed by atoms with E-state index in [0.29, 0.717) is 18.6 Å². The van der Waals surface area contributed by atoms with Crippen molar-refractivity contribution in [3.63, 3.8) is 0 Å². The van der Waals surface area contributed by atoms with Gasteiger partial charge in [0.05, 0.1) is 12.1 Å². The first-order chi connectivity index (χ1) is 11.8. The lowest BCUT2D eigenvalue weighted by Crippen LogP contribution is -2.37. The second kappa shape index (κ2) is 5.83. The molecule has 1 unspecified atom stereocenters. The summed E-state index contributed by atoms with van der Waals surface area (Å²) in [6, 6.07) is 3.13. The summed E-state index contributed by atoms with van der Waals surface area (Å²) in [4.78, 5) is 14.6.